The summed E-state index contributed by atoms with van der Waals surface area (Å²) < 4.78 is 22.6. The topological polar surface area (TPSA) is 164 Å². The fraction of sp³-hybridized carbons (Fsp3) is 0.630. The summed E-state index contributed by atoms with van der Waals surface area (Å²) in [6.45, 7) is 9.09. The Morgan fingerprint density at radius 3 is 2.54 bits per heavy atom. The van der Waals surface area contributed by atoms with Crippen LogP contribution in [-0.2, 0) is 14.3 Å². The second-order valence-electron chi connectivity index (χ2n) is 10.6. The number of ether oxygens (including phenoxy) is 3. The van der Waals surface area contributed by atoms with E-state index in [1.165, 1.54) is 13.2 Å². The standard InChI is InChI=1S/C27H38N2O10/c1-14-18(37-26-22(33)21(32)24(35-5)27(3,4)39-26)7-6-17-20(31)19(25(34)38-23(14)17)15(2)28-36-13-12-29-10-8-16(30)9-11-29/h6-7,16,21-22,24,26,30-33H,8-13H2,1-5H3/t21-,22-,24-,26-/m1/s1. The molecule has 4 rings (SSSR count). The molecular formula is C27H38N2O10. The van der Waals surface area contributed by atoms with Gasteiger partial charge in [0, 0.05) is 32.3 Å². The van der Waals surface area contributed by atoms with Gasteiger partial charge in [0.05, 0.1) is 22.8 Å². The SMILES string of the molecule is CO[C@@H]1[C@H](O)[C@@H](O)[C@H](Oc2ccc3c(O)c(C(C)=NOCCN4CCC(O)CC4)c(=O)oc3c2C)OC1(C)C. The number of methoxy groups -OCH3 is 1. The zero-order chi connectivity index (χ0) is 28.5. The minimum atomic E-state index is -1.40. The highest BCUT2D eigenvalue weighted by molar-refractivity contribution is 6.04. The van der Waals surface area contributed by atoms with Crippen LogP contribution in [0.25, 0.3) is 11.0 Å². The molecule has 39 heavy (non-hydrogen) atoms. The first kappa shape index (κ1) is 29.2. The molecule has 0 amide bonds. The normalized spacial score (nSPS) is 26.6. The highest BCUT2D eigenvalue weighted by Gasteiger charge is 2.50. The quantitative estimate of drug-likeness (QED) is 0.162. The summed E-state index contributed by atoms with van der Waals surface area (Å²) in [4.78, 5) is 20.4. The molecule has 12 heteroatoms. The van der Waals surface area contributed by atoms with E-state index in [0.717, 1.165) is 25.9 Å². The molecule has 0 radical (unpaired) electrons. The van der Waals surface area contributed by atoms with Crippen molar-refractivity contribution in [3.05, 3.63) is 33.7 Å². The van der Waals surface area contributed by atoms with Gasteiger partial charge in [-0.15, -0.1) is 0 Å². The van der Waals surface area contributed by atoms with Crippen molar-refractivity contribution in [2.24, 2.45) is 5.16 Å². The molecule has 0 saturated carbocycles. The van der Waals surface area contributed by atoms with Gasteiger partial charge in [-0.1, -0.05) is 5.16 Å². The molecule has 1 aromatic carbocycles. The number of likely N-dealkylation sites (tertiary alicyclic amines) is 1. The van der Waals surface area contributed by atoms with Gasteiger partial charge >= 0.3 is 5.63 Å². The van der Waals surface area contributed by atoms with Crippen molar-refractivity contribution < 1.29 is 43.9 Å². The monoisotopic (exact) mass is 550 g/mol. The molecule has 0 aliphatic carbocycles. The number of fused-ring (bicyclic) bond motifs is 1. The number of aliphatic hydroxyl groups is 3. The fourth-order valence-electron chi connectivity index (χ4n) is 5.14. The van der Waals surface area contributed by atoms with Gasteiger partial charge in [0.15, 0.2) is 0 Å². The van der Waals surface area contributed by atoms with Crippen LogP contribution in [0.3, 0.4) is 0 Å². The molecule has 0 spiro atoms. The van der Waals surface area contributed by atoms with E-state index < -0.39 is 35.8 Å². The Balaban J connectivity index is 1.51. The summed E-state index contributed by atoms with van der Waals surface area (Å²) in [5, 5.41) is 45.9. The zero-order valence-electron chi connectivity index (χ0n) is 22.9. The maximum atomic E-state index is 12.9. The Hall–Kier alpha value is -2.74. The van der Waals surface area contributed by atoms with Crippen LogP contribution in [0, 0.1) is 6.92 Å². The van der Waals surface area contributed by atoms with Gasteiger partial charge in [-0.3, -0.25) is 4.90 Å². The van der Waals surface area contributed by atoms with Crippen molar-refractivity contribution in [2.45, 2.75) is 76.8 Å². The third kappa shape index (κ3) is 6.06. The Bertz CT molecular complexity index is 1250. The number of aliphatic hydroxyl groups excluding tert-OH is 3. The number of rotatable bonds is 8. The molecule has 1 aromatic heterocycles. The predicted octanol–water partition coefficient (Wildman–Crippen LogP) is 1.25. The molecule has 3 heterocycles. The van der Waals surface area contributed by atoms with Crippen LogP contribution in [0.1, 0.15) is 44.7 Å². The lowest BCUT2D eigenvalue weighted by atomic mass is 9.89. The van der Waals surface area contributed by atoms with Crippen LogP contribution >= 0.6 is 0 Å². The van der Waals surface area contributed by atoms with Crippen LogP contribution in [0.2, 0.25) is 0 Å². The second kappa shape index (κ2) is 11.8. The van der Waals surface area contributed by atoms with E-state index in [4.69, 9.17) is 23.5 Å². The van der Waals surface area contributed by atoms with Crippen molar-refractivity contribution in [2.75, 3.05) is 33.4 Å². The summed E-state index contributed by atoms with van der Waals surface area (Å²) in [6.07, 6.45) is -3.46. The molecule has 12 nitrogen and oxygen atoms in total. The number of hydrogen-bond donors (Lipinski definition) is 4. The molecule has 2 aliphatic rings. The summed E-state index contributed by atoms with van der Waals surface area (Å²) in [6, 6.07) is 3.07. The van der Waals surface area contributed by atoms with E-state index in [1.807, 2.05) is 0 Å². The Kier molecular flexibility index (Phi) is 8.84. The Labute approximate surface area is 226 Å². The third-order valence-electron chi connectivity index (χ3n) is 7.41. The predicted molar refractivity (Wildman–Crippen MR) is 141 cm³/mol. The molecular weight excluding hydrogens is 512 g/mol. The van der Waals surface area contributed by atoms with Gasteiger partial charge in [0.1, 0.15) is 47.6 Å². The second-order valence-corrected chi connectivity index (χ2v) is 10.6. The molecule has 2 saturated heterocycles. The van der Waals surface area contributed by atoms with Crippen molar-refractivity contribution in [3.63, 3.8) is 0 Å². The number of oxime groups is 1. The van der Waals surface area contributed by atoms with Crippen LogP contribution in [0.4, 0.5) is 0 Å². The van der Waals surface area contributed by atoms with Crippen LogP contribution in [0.5, 0.6) is 11.5 Å². The minimum Gasteiger partial charge on any atom is -0.506 e. The van der Waals surface area contributed by atoms with Crippen LogP contribution in [0.15, 0.2) is 26.5 Å². The number of piperidine rings is 1. The average Bonchev–Trinajstić information content (AvgIpc) is 2.88. The first-order valence-corrected chi connectivity index (χ1v) is 13.0. The molecule has 2 aromatic rings. The third-order valence-corrected chi connectivity index (χ3v) is 7.41. The summed E-state index contributed by atoms with van der Waals surface area (Å²) in [5.41, 5.74) is -1.22. The minimum absolute atomic E-state index is 0.0969. The van der Waals surface area contributed by atoms with Gasteiger partial charge < -0.3 is 43.9 Å². The molecule has 0 unspecified atom stereocenters. The van der Waals surface area contributed by atoms with Gasteiger partial charge in [-0.25, -0.2) is 4.79 Å². The number of aromatic hydroxyl groups is 1. The highest BCUT2D eigenvalue weighted by atomic mass is 16.7. The molecule has 4 atom stereocenters. The van der Waals surface area contributed by atoms with Crippen LogP contribution < -0.4 is 10.4 Å². The molecule has 4 N–H and O–H groups in total. The van der Waals surface area contributed by atoms with Gasteiger partial charge in [0.25, 0.3) is 0 Å². The van der Waals surface area contributed by atoms with Crippen molar-refractivity contribution in [3.8, 4) is 11.5 Å². The largest absolute Gasteiger partial charge is 0.506 e. The molecule has 2 aliphatic heterocycles. The van der Waals surface area contributed by atoms with Crippen molar-refractivity contribution in [1.82, 2.24) is 4.90 Å². The number of benzene rings is 1. The summed E-state index contributed by atoms with van der Waals surface area (Å²) in [7, 11) is 1.42. The van der Waals surface area contributed by atoms with E-state index in [2.05, 4.69) is 10.1 Å². The van der Waals surface area contributed by atoms with E-state index in [1.54, 1.807) is 33.8 Å². The summed E-state index contributed by atoms with van der Waals surface area (Å²) >= 11 is 0. The molecule has 0 bridgehead atoms. The number of nitrogens with zero attached hydrogens (tertiary/aromatic N) is 2. The van der Waals surface area contributed by atoms with Gasteiger partial charge in [-0.2, -0.15) is 0 Å². The maximum Gasteiger partial charge on any atom is 0.349 e. The van der Waals surface area contributed by atoms with Gasteiger partial charge in [0.2, 0.25) is 6.29 Å². The smallest absolute Gasteiger partial charge is 0.349 e. The molecule has 2 fully saturated rings. The van der Waals surface area contributed by atoms with E-state index in [0.29, 0.717) is 18.7 Å². The summed E-state index contributed by atoms with van der Waals surface area (Å²) in [5.74, 6) is -0.0705. The first-order chi connectivity index (χ1) is 18.4. The van der Waals surface area contributed by atoms with Crippen molar-refractivity contribution in [1.29, 1.82) is 0 Å². The van der Waals surface area contributed by atoms with E-state index in [-0.39, 0.29) is 39.8 Å². The number of hydrogen-bond acceptors (Lipinski definition) is 12. The molecule has 216 valence electrons. The maximum absolute atomic E-state index is 12.9. The van der Waals surface area contributed by atoms with E-state index in [9.17, 15) is 25.2 Å². The van der Waals surface area contributed by atoms with Crippen LogP contribution in [-0.4, -0.2) is 101 Å². The Morgan fingerprint density at radius 2 is 1.87 bits per heavy atom. The lowest BCUT2D eigenvalue weighted by molar-refractivity contribution is -0.306. The lowest BCUT2D eigenvalue weighted by Crippen LogP contribution is -2.63. The first-order valence-electron chi connectivity index (χ1n) is 13.0. The van der Waals surface area contributed by atoms with Crippen molar-refractivity contribution >= 4 is 16.7 Å². The lowest BCUT2D eigenvalue weighted by Gasteiger charge is -2.46. The fourth-order valence-corrected chi connectivity index (χ4v) is 5.14. The van der Waals surface area contributed by atoms with Gasteiger partial charge in [-0.05, 0) is 52.7 Å². The highest BCUT2D eigenvalue weighted by Crippen LogP contribution is 2.37. The Morgan fingerprint density at radius 1 is 1.18 bits per heavy atom. The zero-order valence-corrected chi connectivity index (χ0v) is 22.9. The number of aryl methyl sites for hydroxylation is 1. The average molecular weight is 551 g/mol. The van der Waals surface area contributed by atoms with E-state index >= 15 is 0 Å².